The van der Waals surface area contributed by atoms with Crippen molar-refractivity contribution < 1.29 is 54.7 Å². The number of nitrogens with two attached hydrogens (primary N) is 1. The van der Waals surface area contributed by atoms with E-state index in [1.807, 2.05) is 43.4 Å². The second-order valence-corrected chi connectivity index (χ2v) is 6.63. The van der Waals surface area contributed by atoms with Crippen LogP contribution in [0.15, 0.2) is 60.7 Å². The molecule has 31 heavy (non-hydrogen) atoms. The van der Waals surface area contributed by atoms with E-state index in [9.17, 15) is 9.90 Å². The van der Waals surface area contributed by atoms with E-state index in [0.717, 1.165) is 13.1 Å². The molecule has 3 rings (SSSR count). The average molecular weight is 612 g/mol. The molecule has 1 aromatic heterocycles. The number of carbonyl (C=O) groups excluding carboxylic acids is 1. The number of aromatic nitrogens is 2. The average Bonchev–Trinajstić information content (AvgIpc) is 3.01. The van der Waals surface area contributed by atoms with Gasteiger partial charge in [0.25, 0.3) is 0 Å². The second-order valence-electron chi connectivity index (χ2n) is 6.63. The SMILES string of the molecule is CNCCN(C)C.Cc1nn(-c2ccccc2)c(O)c1C(=O)c1ccccc1.[Ag].[Ag].[NH2-]. The van der Waals surface area contributed by atoms with Gasteiger partial charge in [0.1, 0.15) is 5.56 Å². The van der Waals surface area contributed by atoms with Gasteiger partial charge in [-0.05, 0) is 40.2 Å². The van der Waals surface area contributed by atoms with Gasteiger partial charge in [-0.1, -0.05) is 48.5 Å². The molecule has 0 aliphatic heterocycles. The summed E-state index contributed by atoms with van der Waals surface area (Å²) in [4.78, 5) is 14.7. The number of carbonyl (C=O) groups is 1. The normalized spacial score (nSPS) is 9.45. The van der Waals surface area contributed by atoms with E-state index >= 15 is 0 Å². The molecule has 0 spiro atoms. The summed E-state index contributed by atoms with van der Waals surface area (Å²) in [5.41, 5.74) is 1.99. The fourth-order valence-electron chi connectivity index (χ4n) is 2.60. The van der Waals surface area contributed by atoms with Crippen molar-refractivity contribution in [3.8, 4) is 11.6 Å². The molecule has 0 unspecified atom stereocenters. The Morgan fingerprint density at radius 2 is 1.55 bits per heavy atom. The minimum atomic E-state index is -0.229. The molecule has 0 saturated heterocycles. The van der Waals surface area contributed by atoms with Crippen molar-refractivity contribution in [2.75, 3.05) is 34.2 Å². The number of aromatic hydroxyl groups is 1. The van der Waals surface area contributed by atoms with E-state index in [1.54, 1.807) is 31.2 Å². The predicted octanol–water partition coefficient (Wildman–Crippen LogP) is 3.60. The zero-order valence-corrected chi connectivity index (χ0v) is 21.0. The van der Waals surface area contributed by atoms with E-state index in [0.29, 0.717) is 16.9 Å². The zero-order valence-electron chi connectivity index (χ0n) is 18.1. The first-order chi connectivity index (χ1) is 13.5. The third kappa shape index (κ3) is 9.24. The second kappa shape index (κ2) is 16.2. The van der Waals surface area contributed by atoms with Gasteiger partial charge in [0.2, 0.25) is 5.88 Å². The number of rotatable bonds is 6. The van der Waals surface area contributed by atoms with Crippen molar-refractivity contribution in [1.82, 2.24) is 20.0 Å². The van der Waals surface area contributed by atoms with E-state index in [2.05, 4.69) is 29.4 Å². The quantitative estimate of drug-likeness (QED) is 0.328. The van der Waals surface area contributed by atoms with Crippen LogP contribution in [0.25, 0.3) is 11.8 Å². The van der Waals surface area contributed by atoms with Crippen LogP contribution in [0.5, 0.6) is 5.88 Å². The van der Waals surface area contributed by atoms with Crippen LogP contribution in [0.3, 0.4) is 0 Å². The number of hydrogen-bond donors (Lipinski definition) is 2. The molecular formula is C22H30Ag2N5O2-. The third-order valence-electron chi connectivity index (χ3n) is 4.11. The van der Waals surface area contributed by atoms with Crippen molar-refractivity contribution in [3.63, 3.8) is 0 Å². The van der Waals surface area contributed by atoms with Gasteiger partial charge in [-0.2, -0.15) is 5.10 Å². The smallest absolute Gasteiger partial charge is 0.225 e. The molecule has 0 amide bonds. The van der Waals surface area contributed by atoms with Crippen LogP contribution in [-0.2, 0) is 44.8 Å². The monoisotopic (exact) mass is 610 g/mol. The molecule has 0 aliphatic carbocycles. The molecular weight excluding hydrogens is 582 g/mol. The minimum absolute atomic E-state index is 0. The van der Waals surface area contributed by atoms with Crippen LogP contribution in [0.4, 0.5) is 0 Å². The molecule has 0 atom stereocenters. The molecule has 2 radical (unpaired) electrons. The van der Waals surface area contributed by atoms with E-state index in [1.165, 1.54) is 4.68 Å². The molecule has 7 nitrogen and oxygen atoms in total. The first-order valence-corrected chi connectivity index (χ1v) is 9.18. The van der Waals surface area contributed by atoms with Crippen LogP contribution in [-0.4, -0.2) is 59.8 Å². The number of benzene rings is 2. The van der Waals surface area contributed by atoms with Crippen LogP contribution in [0, 0.1) is 6.92 Å². The van der Waals surface area contributed by atoms with Gasteiger partial charge in [0, 0.05) is 63.4 Å². The third-order valence-corrected chi connectivity index (χ3v) is 4.11. The number of para-hydroxylation sites is 1. The fraction of sp³-hybridized carbons (Fsp3) is 0.273. The summed E-state index contributed by atoms with van der Waals surface area (Å²) in [5, 5.41) is 17.7. The molecule has 4 N–H and O–H groups in total. The summed E-state index contributed by atoms with van der Waals surface area (Å²) in [5.74, 6) is -0.361. The fourth-order valence-corrected chi connectivity index (χ4v) is 2.60. The first-order valence-electron chi connectivity index (χ1n) is 9.18. The zero-order chi connectivity index (χ0) is 20.5. The van der Waals surface area contributed by atoms with Gasteiger partial charge in [0.15, 0.2) is 5.78 Å². The Bertz CT molecular complexity index is 888. The Balaban J connectivity index is 0. The number of likely N-dealkylation sites (N-methyl/N-ethyl adjacent to an activating group) is 2. The molecule has 3 aromatic rings. The van der Waals surface area contributed by atoms with Gasteiger partial charge in [-0.15, -0.1) is 0 Å². The Morgan fingerprint density at radius 1 is 1.03 bits per heavy atom. The molecule has 0 bridgehead atoms. The minimum Gasteiger partial charge on any atom is -0.693 e. The number of ketones is 1. The van der Waals surface area contributed by atoms with Crippen molar-refractivity contribution in [2.24, 2.45) is 0 Å². The summed E-state index contributed by atoms with van der Waals surface area (Å²) in [6, 6.07) is 18.1. The van der Waals surface area contributed by atoms with Crippen molar-refractivity contribution >= 4 is 5.78 Å². The number of hydrogen-bond acceptors (Lipinski definition) is 5. The Kier molecular flexibility index (Phi) is 16.5. The molecule has 0 fully saturated rings. The van der Waals surface area contributed by atoms with Gasteiger partial charge in [-0.25, -0.2) is 4.68 Å². The summed E-state index contributed by atoms with van der Waals surface area (Å²) in [7, 11) is 6.10. The summed E-state index contributed by atoms with van der Waals surface area (Å²) in [6.45, 7) is 3.92. The predicted molar refractivity (Wildman–Crippen MR) is 118 cm³/mol. The number of aryl methyl sites for hydroxylation is 1. The first kappa shape index (κ1) is 31.7. The topological polar surface area (TPSA) is 104 Å². The van der Waals surface area contributed by atoms with Gasteiger partial charge >= 0.3 is 0 Å². The standard InChI is InChI=1S/C17H14N2O2.C5H14N2.2Ag.H2N/c1-12-15(16(20)13-8-4-2-5-9-13)17(21)19(18-12)14-10-6-3-7-11-14;1-6-4-5-7(2)3;;;/h2-11,21H,1H3;6H,4-5H2,1-3H3;;;1H2/q;;;;-1. The Hall–Kier alpha value is -1.52. The number of nitrogens with one attached hydrogen (secondary N) is 1. The van der Waals surface area contributed by atoms with Crippen molar-refractivity contribution in [1.29, 1.82) is 0 Å². The maximum Gasteiger partial charge on any atom is 0.225 e. The van der Waals surface area contributed by atoms with Crippen LogP contribution in [0.1, 0.15) is 21.6 Å². The van der Waals surface area contributed by atoms with Crippen molar-refractivity contribution in [3.05, 3.63) is 83.6 Å². The maximum absolute atomic E-state index is 12.5. The van der Waals surface area contributed by atoms with Gasteiger partial charge in [-0.3, -0.25) is 4.79 Å². The molecule has 1 heterocycles. The molecule has 178 valence electrons. The van der Waals surface area contributed by atoms with Gasteiger partial charge in [0.05, 0.1) is 11.4 Å². The summed E-state index contributed by atoms with van der Waals surface area (Å²) < 4.78 is 1.38. The summed E-state index contributed by atoms with van der Waals surface area (Å²) >= 11 is 0. The molecule has 0 aliphatic rings. The Labute approximate surface area is 215 Å². The Morgan fingerprint density at radius 3 is 2.00 bits per heavy atom. The van der Waals surface area contributed by atoms with Crippen LogP contribution < -0.4 is 5.32 Å². The summed E-state index contributed by atoms with van der Waals surface area (Å²) in [6.07, 6.45) is 0. The largest absolute Gasteiger partial charge is 0.693 e. The molecule has 2 aromatic carbocycles. The van der Waals surface area contributed by atoms with E-state index < -0.39 is 0 Å². The van der Waals surface area contributed by atoms with Gasteiger partial charge < -0.3 is 21.5 Å². The molecule has 9 heteroatoms. The van der Waals surface area contributed by atoms with Crippen LogP contribution in [0.2, 0.25) is 0 Å². The van der Waals surface area contributed by atoms with Crippen LogP contribution >= 0.6 is 0 Å². The van der Waals surface area contributed by atoms with E-state index in [4.69, 9.17) is 0 Å². The van der Waals surface area contributed by atoms with E-state index in [-0.39, 0.29) is 68.1 Å². The molecule has 0 saturated carbocycles. The number of nitrogens with zero attached hydrogens (tertiary/aromatic N) is 3. The maximum atomic E-state index is 12.5. The van der Waals surface area contributed by atoms with Crippen molar-refractivity contribution in [2.45, 2.75) is 6.92 Å².